The summed E-state index contributed by atoms with van der Waals surface area (Å²) in [5.41, 5.74) is 1.93. The third kappa shape index (κ3) is 2.97. The summed E-state index contributed by atoms with van der Waals surface area (Å²) in [4.78, 5) is 2.26. The van der Waals surface area contributed by atoms with Gasteiger partial charge >= 0.3 is 0 Å². The van der Waals surface area contributed by atoms with Crippen LogP contribution >= 0.6 is 11.6 Å². The van der Waals surface area contributed by atoms with Gasteiger partial charge in [-0.25, -0.2) is 0 Å². The lowest BCUT2D eigenvalue weighted by molar-refractivity contribution is 0.110. The molecule has 1 aromatic rings. The van der Waals surface area contributed by atoms with Crippen LogP contribution in [-0.2, 0) is 6.61 Å². The number of rotatable bonds is 3. The van der Waals surface area contributed by atoms with E-state index in [2.05, 4.69) is 4.90 Å². The molecule has 0 amide bonds. The van der Waals surface area contributed by atoms with Gasteiger partial charge in [-0.15, -0.1) is 0 Å². The zero-order valence-electron chi connectivity index (χ0n) is 10.6. The second kappa shape index (κ2) is 5.91. The summed E-state index contributed by atoms with van der Waals surface area (Å²) in [6.07, 6.45) is 1.76. The highest BCUT2D eigenvalue weighted by atomic mass is 35.5. The number of halogens is 1. The third-order valence-corrected chi connectivity index (χ3v) is 4.01. The van der Waals surface area contributed by atoms with E-state index in [-0.39, 0.29) is 12.7 Å². The Labute approximate surface area is 113 Å². The maximum absolute atomic E-state index is 9.60. The van der Waals surface area contributed by atoms with Crippen LogP contribution < -0.4 is 4.90 Å². The Morgan fingerprint density at radius 2 is 2.06 bits per heavy atom. The Kier molecular flexibility index (Phi) is 4.49. The molecule has 1 unspecified atom stereocenters. The second-order valence-electron chi connectivity index (χ2n) is 5.00. The number of hydrogen-bond acceptors (Lipinski definition) is 3. The van der Waals surface area contributed by atoms with E-state index in [1.54, 1.807) is 0 Å². The Balaban J connectivity index is 2.09. The Morgan fingerprint density at radius 3 is 2.61 bits per heavy atom. The molecule has 0 radical (unpaired) electrons. The van der Waals surface area contributed by atoms with Crippen molar-refractivity contribution in [3.63, 3.8) is 0 Å². The van der Waals surface area contributed by atoms with Crippen LogP contribution in [0.5, 0.6) is 0 Å². The lowest BCUT2D eigenvalue weighted by Gasteiger charge is -2.35. The van der Waals surface area contributed by atoms with Gasteiger partial charge in [-0.3, -0.25) is 0 Å². The van der Waals surface area contributed by atoms with Crippen molar-refractivity contribution in [3.8, 4) is 0 Å². The molecule has 1 heterocycles. The van der Waals surface area contributed by atoms with Gasteiger partial charge in [-0.2, -0.15) is 0 Å². The molecule has 4 heteroatoms. The SMILES string of the molecule is CC(O)C1CCN(c2ccc(Cl)cc2CO)CC1. The fourth-order valence-corrected chi connectivity index (χ4v) is 2.81. The second-order valence-corrected chi connectivity index (χ2v) is 5.43. The van der Waals surface area contributed by atoms with Gasteiger partial charge in [-0.1, -0.05) is 11.6 Å². The fraction of sp³-hybridized carbons (Fsp3) is 0.571. The van der Waals surface area contributed by atoms with Crippen molar-refractivity contribution in [1.29, 1.82) is 0 Å². The molecule has 100 valence electrons. The van der Waals surface area contributed by atoms with E-state index in [1.165, 1.54) is 0 Å². The van der Waals surface area contributed by atoms with Crippen molar-refractivity contribution in [2.45, 2.75) is 32.5 Å². The summed E-state index contributed by atoms with van der Waals surface area (Å²) >= 11 is 5.94. The first-order chi connectivity index (χ1) is 8.61. The zero-order valence-corrected chi connectivity index (χ0v) is 11.4. The summed E-state index contributed by atoms with van der Waals surface area (Å²) in [6, 6.07) is 5.64. The minimum atomic E-state index is -0.227. The minimum Gasteiger partial charge on any atom is -0.393 e. The van der Waals surface area contributed by atoms with Gasteiger partial charge in [0.05, 0.1) is 12.7 Å². The molecular weight excluding hydrogens is 250 g/mol. The standard InChI is InChI=1S/C14H20ClNO2/c1-10(18)11-4-6-16(7-5-11)14-3-2-13(15)8-12(14)9-17/h2-3,8,10-11,17-18H,4-7,9H2,1H3. The Bertz CT molecular complexity index is 401. The van der Waals surface area contributed by atoms with E-state index in [0.29, 0.717) is 10.9 Å². The normalized spacial score (nSPS) is 19.0. The van der Waals surface area contributed by atoms with Gasteiger partial charge in [-0.05, 0) is 43.9 Å². The van der Waals surface area contributed by atoms with Crippen LogP contribution in [0.1, 0.15) is 25.3 Å². The highest BCUT2D eigenvalue weighted by molar-refractivity contribution is 6.30. The highest BCUT2D eigenvalue weighted by Crippen LogP contribution is 2.29. The molecule has 18 heavy (non-hydrogen) atoms. The summed E-state index contributed by atoms with van der Waals surface area (Å²) in [6.45, 7) is 3.71. The molecule has 0 bridgehead atoms. The van der Waals surface area contributed by atoms with Crippen LogP contribution in [-0.4, -0.2) is 29.4 Å². The zero-order chi connectivity index (χ0) is 13.1. The van der Waals surface area contributed by atoms with E-state index in [9.17, 15) is 10.2 Å². The van der Waals surface area contributed by atoms with Crippen LogP contribution in [0.4, 0.5) is 5.69 Å². The van der Waals surface area contributed by atoms with E-state index < -0.39 is 0 Å². The summed E-state index contributed by atoms with van der Waals surface area (Å²) in [5, 5.41) is 19.6. The topological polar surface area (TPSA) is 43.7 Å². The molecular formula is C14H20ClNO2. The molecule has 3 nitrogen and oxygen atoms in total. The number of anilines is 1. The molecule has 2 rings (SSSR count). The third-order valence-electron chi connectivity index (χ3n) is 3.77. The Morgan fingerprint density at radius 1 is 1.39 bits per heavy atom. The lowest BCUT2D eigenvalue weighted by Crippen LogP contribution is -2.37. The number of piperidine rings is 1. The first kappa shape index (κ1) is 13.7. The maximum atomic E-state index is 9.60. The van der Waals surface area contributed by atoms with Crippen molar-refractivity contribution in [2.75, 3.05) is 18.0 Å². The molecule has 1 aliphatic rings. The van der Waals surface area contributed by atoms with Crippen LogP contribution in [0, 0.1) is 5.92 Å². The van der Waals surface area contributed by atoms with Gasteiger partial charge in [0, 0.05) is 29.4 Å². The van der Waals surface area contributed by atoms with Gasteiger partial charge < -0.3 is 15.1 Å². The minimum absolute atomic E-state index is 0.00618. The number of nitrogens with zero attached hydrogens (tertiary/aromatic N) is 1. The van der Waals surface area contributed by atoms with Crippen molar-refractivity contribution in [2.24, 2.45) is 5.92 Å². The van der Waals surface area contributed by atoms with Gasteiger partial charge in [0.2, 0.25) is 0 Å². The average molecular weight is 270 g/mol. The van der Waals surface area contributed by atoms with Gasteiger partial charge in [0.1, 0.15) is 0 Å². The number of aliphatic hydroxyl groups excluding tert-OH is 2. The van der Waals surface area contributed by atoms with E-state index in [0.717, 1.165) is 37.2 Å². The van der Waals surface area contributed by atoms with E-state index >= 15 is 0 Å². The van der Waals surface area contributed by atoms with Crippen molar-refractivity contribution in [1.82, 2.24) is 0 Å². The predicted octanol–water partition coefficient (Wildman–Crippen LogP) is 2.43. The molecule has 0 aromatic heterocycles. The predicted molar refractivity (Wildman–Crippen MR) is 74.0 cm³/mol. The quantitative estimate of drug-likeness (QED) is 0.886. The fourth-order valence-electron chi connectivity index (χ4n) is 2.61. The molecule has 1 fully saturated rings. The molecule has 1 aliphatic heterocycles. The molecule has 1 saturated heterocycles. The maximum Gasteiger partial charge on any atom is 0.0702 e. The van der Waals surface area contributed by atoms with Crippen LogP contribution in [0.15, 0.2) is 18.2 Å². The molecule has 0 saturated carbocycles. The monoisotopic (exact) mass is 269 g/mol. The number of aliphatic hydroxyl groups is 2. The van der Waals surface area contributed by atoms with Crippen LogP contribution in [0.25, 0.3) is 0 Å². The summed E-state index contributed by atoms with van der Waals surface area (Å²) in [5.74, 6) is 0.395. The summed E-state index contributed by atoms with van der Waals surface area (Å²) in [7, 11) is 0. The molecule has 0 aliphatic carbocycles. The summed E-state index contributed by atoms with van der Waals surface area (Å²) < 4.78 is 0. The Hall–Kier alpha value is -0.770. The molecule has 0 spiro atoms. The average Bonchev–Trinajstić information content (AvgIpc) is 2.38. The van der Waals surface area contributed by atoms with E-state index in [4.69, 9.17) is 11.6 Å². The largest absolute Gasteiger partial charge is 0.393 e. The van der Waals surface area contributed by atoms with Crippen LogP contribution in [0.3, 0.4) is 0 Å². The van der Waals surface area contributed by atoms with Crippen molar-refractivity contribution >= 4 is 17.3 Å². The molecule has 1 aromatic carbocycles. The van der Waals surface area contributed by atoms with Crippen molar-refractivity contribution in [3.05, 3.63) is 28.8 Å². The van der Waals surface area contributed by atoms with Gasteiger partial charge in [0.15, 0.2) is 0 Å². The number of hydrogen-bond donors (Lipinski definition) is 2. The van der Waals surface area contributed by atoms with Crippen molar-refractivity contribution < 1.29 is 10.2 Å². The molecule has 2 N–H and O–H groups in total. The lowest BCUT2D eigenvalue weighted by atomic mass is 9.91. The first-order valence-electron chi connectivity index (χ1n) is 6.44. The number of benzene rings is 1. The highest BCUT2D eigenvalue weighted by Gasteiger charge is 2.23. The van der Waals surface area contributed by atoms with E-state index in [1.807, 2.05) is 25.1 Å². The smallest absolute Gasteiger partial charge is 0.0702 e. The van der Waals surface area contributed by atoms with Crippen LogP contribution in [0.2, 0.25) is 5.02 Å². The van der Waals surface area contributed by atoms with Gasteiger partial charge in [0.25, 0.3) is 0 Å². The molecule has 1 atom stereocenters. The first-order valence-corrected chi connectivity index (χ1v) is 6.82.